The highest BCUT2D eigenvalue weighted by atomic mass is 16.5. The molecule has 2 aromatic carbocycles. The first-order chi connectivity index (χ1) is 13.1. The average molecular weight is 368 g/mol. The Morgan fingerprint density at radius 1 is 1.11 bits per heavy atom. The summed E-state index contributed by atoms with van der Waals surface area (Å²) in [6, 6.07) is 16.6. The first-order valence-electron chi connectivity index (χ1n) is 9.09. The Balaban J connectivity index is 1.54. The molecule has 142 valence electrons. The third kappa shape index (κ3) is 5.56. The van der Waals surface area contributed by atoms with Crippen LogP contribution in [0.3, 0.4) is 0 Å². The summed E-state index contributed by atoms with van der Waals surface area (Å²) in [7, 11) is 0. The van der Waals surface area contributed by atoms with Gasteiger partial charge in [-0.2, -0.15) is 0 Å². The number of primary amides is 1. The Bertz CT molecular complexity index is 756. The summed E-state index contributed by atoms with van der Waals surface area (Å²) in [6.45, 7) is 1.06. The summed E-state index contributed by atoms with van der Waals surface area (Å²) in [6.07, 6.45) is 1.36. The molecule has 1 aliphatic rings. The number of carbonyl (C=O) groups excluding carboxylic acids is 2. The number of ether oxygens (including phenoxy) is 2. The van der Waals surface area contributed by atoms with Crippen molar-refractivity contribution in [3.63, 3.8) is 0 Å². The highest BCUT2D eigenvalue weighted by molar-refractivity contribution is 5.88. The van der Waals surface area contributed by atoms with E-state index in [1.54, 1.807) is 0 Å². The molecule has 0 aliphatic carbocycles. The zero-order valence-corrected chi connectivity index (χ0v) is 15.1. The second-order valence-electron chi connectivity index (χ2n) is 6.59. The van der Waals surface area contributed by atoms with Gasteiger partial charge >= 0.3 is 0 Å². The molecular weight excluding hydrogens is 344 g/mol. The number of hydrogen-bond acceptors (Lipinski definition) is 4. The fourth-order valence-corrected chi connectivity index (χ4v) is 2.97. The number of nitrogens with one attached hydrogen (secondary N) is 1. The second kappa shape index (κ2) is 9.19. The second-order valence-corrected chi connectivity index (χ2v) is 6.59. The minimum Gasteiger partial charge on any atom is -0.489 e. The van der Waals surface area contributed by atoms with Gasteiger partial charge in [0.25, 0.3) is 0 Å². The number of hydrogen-bond donors (Lipinski definition) is 2. The molecule has 1 saturated heterocycles. The molecule has 3 rings (SSSR count). The molecule has 2 atom stereocenters. The maximum atomic E-state index is 12.2. The monoisotopic (exact) mass is 368 g/mol. The number of nitrogens with two attached hydrogens (primary N) is 1. The van der Waals surface area contributed by atoms with Crippen LogP contribution in [0.25, 0.3) is 0 Å². The molecule has 2 amide bonds. The highest BCUT2D eigenvalue weighted by Gasteiger charge is 2.27. The normalized spacial score (nSPS) is 17.3. The molecule has 0 aromatic heterocycles. The van der Waals surface area contributed by atoms with Gasteiger partial charge in [-0.3, -0.25) is 9.59 Å². The zero-order valence-electron chi connectivity index (χ0n) is 15.1. The van der Waals surface area contributed by atoms with Crippen molar-refractivity contribution in [3.8, 4) is 5.75 Å². The van der Waals surface area contributed by atoms with Crippen LogP contribution < -0.4 is 15.8 Å². The quantitative estimate of drug-likeness (QED) is 0.745. The minimum absolute atomic E-state index is 0.279. The van der Waals surface area contributed by atoms with Crippen LogP contribution in [0.2, 0.25) is 0 Å². The molecular formula is C21H24N2O4. The summed E-state index contributed by atoms with van der Waals surface area (Å²) in [5, 5.41) is 2.70. The van der Waals surface area contributed by atoms with Gasteiger partial charge in [0.2, 0.25) is 11.8 Å². The third-order valence-corrected chi connectivity index (χ3v) is 4.49. The van der Waals surface area contributed by atoms with Crippen molar-refractivity contribution < 1.29 is 19.1 Å². The molecule has 1 fully saturated rings. The lowest BCUT2D eigenvalue weighted by atomic mass is 10.0. The molecule has 6 heteroatoms. The summed E-state index contributed by atoms with van der Waals surface area (Å²) < 4.78 is 11.1. The Labute approximate surface area is 158 Å². The summed E-state index contributed by atoms with van der Waals surface area (Å²) >= 11 is 0. The van der Waals surface area contributed by atoms with E-state index in [0.29, 0.717) is 26.1 Å². The van der Waals surface area contributed by atoms with Gasteiger partial charge in [-0.15, -0.1) is 0 Å². The van der Waals surface area contributed by atoms with Gasteiger partial charge in [-0.05, 0) is 36.1 Å². The fourth-order valence-electron chi connectivity index (χ4n) is 2.97. The lowest BCUT2D eigenvalue weighted by Gasteiger charge is -2.18. The fraction of sp³-hybridized carbons (Fsp3) is 0.333. The minimum atomic E-state index is -0.766. The van der Waals surface area contributed by atoms with E-state index in [1.165, 1.54) is 0 Å². The lowest BCUT2D eigenvalue weighted by Crippen LogP contribution is -2.49. The Kier molecular flexibility index (Phi) is 6.44. The Morgan fingerprint density at radius 3 is 2.48 bits per heavy atom. The van der Waals surface area contributed by atoms with Crippen LogP contribution in [-0.2, 0) is 27.4 Å². The van der Waals surface area contributed by atoms with Gasteiger partial charge in [0, 0.05) is 13.0 Å². The molecule has 0 spiro atoms. The van der Waals surface area contributed by atoms with Gasteiger partial charge < -0.3 is 20.5 Å². The molecule has 27 heavy (non-hydrogen) atoms. The average Bonchev–Trinajstić information content (AvgIpc) is 3.22. The predicted molar refractivity (Wildman–Crippen MR) is 101 cm³/mol. The van der Waals surface area contributed by atoms with E-state index in [0.717, 1.165) is 23.3 Å². The van der Waals surface area contributed by atoms with Crippen LogP contribution in [-0.4, -0.2) is 30.6 Å². The van der Waals surface area contributed by atoms with Crippen molar-refractivity contribution in [2.24, 2.45) is 5.73 Å². The van der Waals surface area contributed by atoms with E-state index in [1.807, 2.05) is 54.6 Å². The standard InChI is InChI=1S/C21H24N2O4/c22-20(24)18(23-21(25)19-7-4-12-26-19)13-15-8-10-17(11-9-15)27-14-16-5-2-1-3-6-16/h1-3,5-6,8-11,18-19H,4,7,12-14H2,(H2,22,24)(H,23,25)/t18-,19-/m0/s1. The topological polar surface area (TPSA) is 90.7 Å². The molecule has 0 radical (unpaired) electrons. The van der Waals surface area contributed by atoms with Gasteiger partial charge in [0.1, 0.15) is 24.5 Å². The molecule has 1 aliphatic heterocycles. The van der Waals surface area contributed by atoms with E-state index in [9.17, 15) is 9.59 Å². The molecule has 2 aromatic rings. The first kappa shape index (κ1) is 18.9. The molecule has 6 nitrogen and oxygen atoms in total. The first-order valence-corrected chi connectivity index (χ1v) is 9.09. The number of rotatable bonds is 8. The van der Waals surface area contributed by atoms with Crippen molar-refractivity contribution in [1.29, 1.82) is 0 Å². The van der Waals surface area contributed by atoms with E-state index in [4.69, 9.17) is 15.2 Å². The number of carbonyl (C=O) groups is 2. The van der Waals surface area contributed by atoms with Gasteiger partial charge in [0.15, 0.2) is 0 Å². The summed E-state index contributed by atoms with van der Waals surface area (Å²) in [5.41, 5.74) is 7.43. The van der Waals surface area contributed by atoms with Crippen LogP contribution in [0.4, 0.5) is 0 Å². The van der Waals surface area contributed by atoms with Crippen LogP contribution >= 0.6 is 0 Å². The van der Waals surface area contributed by atoms with Crippen molar-refractivity contribution in [2.45, 2.75) is 38.0 Å². The highest BCUT2D eigenvalue weighted by Crippen LogP contribution is 2.16. The maximum Gasteiger partial charge on any atom is 0.249 e. The van der Waals surface area contributed by atoms with Crippen molar-refractivity contribution in [1.82, 2.24) is 5.32 Å². The van der Waals surface area contributed by atoms with E-state index in [-0.39, 0.29) is 5.91 Å². The van der Waals surface area contributed by atoms with Gasteiger partial charge in [0.05, 0.1) is 0 Å². The third-order valence-electron chi connectivity index (χ3n) is 4.49. The predicted octanol–water partition coefficient (Wildman–Crippen LogP) is 1.96. The van der Waals surface area contributed by atoms with Crippen LogP contribution in [0.15, 0.2) is 54.6 Å². The van der Waals surface area contributed by atoms with Crippen molar-refractivity contribution in [2.75, 3.05) is 6.61 Å². The van der Waals surface area contributed by atoms with Crippen LogP contribution in [0.1, 0.15) is 24.0 Å². The number of benzene rings is 2. The van der Waals surface area contributed by atoms with Crippen molar-refractivity contribution in [3.05, 3.63) is 65.7 Å². The molecule has 1 heterocycles. The summed E-state index contributed by atoms with van der Waals surface area (Å²) in [5.74, 6) is -0.105. The van der Waals surface area contributed by atoms with Gasteiger partial charge in [-0.25, -0.2) is 0 Å². The van der Waals surface area contributed by atoms with Crippen molar-refractivity contribution >= 4 is 11.8 Å². The molecule has 3 N–H and O–H groups in total. The van der Waals surface area contributed by atoms with E-state index >= 15 is 0 Å². The van der Waals surface area contributed by atoms with E-state index in [2.05, 4.69) is 5.32 Å². The zero-order chi connectivity index (χ0) is 19.1. The SMILES string of the molecule is NC(=O)[C@H](Cc1ccc(OCc2ccccc2)cc1)NC(=O)[C@@H]1CCCO1. The lowest BCUT2D eigenvalue weighted by molar-refractivity contribution is -0.133. The molecule has 0 unspecified atom stereocenters. The van der Waals surface area contributed by atoms with Crippen LogP contribution in [0.5, 0.6) is 5.75 Å². The smallest absolute Gasteiger partial charge is 0.249 e. The van der Waals surface area contributed by atoms with Crippen LogP contribution in [0, 0.1) is 0 Å². The Morgan fingerprint density at radius 2 is 1.85 bits per heavy atom. The number of amides is 2. The van der Waals surface area contributed by atoms with E-state index < -0.39 is 18.1 Å². The maximum absolute atomic E-state index is 12.2. The summed E-state index contributed by atoms with van der Waals surface area (Å²) in [4.78, 5) is 23.9. The van der Waals surface area contributed by atoms with Gasteiger partial charge in [-0.1, -0.05) is 42.5 Å². The molecule has 0 bridgehead atoms. The molecule has 0 saturated carbocycles. The largest absolute Gasteiger partial charge is 0.489 e. The Hall–Kier alpha value is -2.86.